The zero-order chi connectivity index (χ0) is 9.56. The molecule has 0 unspecified atom stereocenters. The SMILES string of the molecule is C=C(C)n1ccnc1.CC(=O)O. The van der Waals surface area contributed by atoms with Crippen LogP contribution in [0.2, 0.25) is 0 Å². The zero-order valence-electron chi connectivity index (χ0n) is 7.19. The first-order valence-corrected chi connectivity index (χ1v) is 3.37. The van der Waals surface area contributed by atoms with Crippen LogP contribution >= 0.6 is 0 Å². The number of aliphatic carboxylic acids is 1. The van der Waals surface area contributed by atoms with Crippen LogP contribution in [0.3, 0.4) is 0 Å². The van der Waals surface area contributed by atoms with Crippen molar-refractivity contribution >= 4 is 11.7 Å². The molecule has 0 aliphatic heterocycles. The lowest BCUT2D eigenvalue weighted by Gasteiger charge is -1.94. The monoisotopic (exact) mass is 168 g/mol. The van der Waals surface area contributed by atoms with Crippen LogP contribution in [-0.2, 0) is 4.79 Å². The predicted molar refractivity (Wildman–Crippen MR) is 46.5 cm³/mol. The Kier molecular flexibility index (Phi) is 4.45. The summed E-state index contributed by atoms with van der Waals surface area (Å²) in [5.74, 6) is -0.833. The van der Waals surface area contributed by atoms with Gasteiger partial charge in [-0.25, -0.2) is 4.98 Å². The number of imidazole rings is 1. The van der Waals surface area contributed by atoms with Gasteiger partial charge >= 0.3 is 0 Å². The second-order valence-corrected chi connectivity index (χ2v) is 2.22. The first kappa shape index (κ1) is 10.4. The lowest BCUT2D eigenvalue weighted by atomic mass is 10.6. The first-order valence-electron chi connectivity index (χ1n) is 3.37. The normalized spacial score (nSPS) is 8.17. The van der Waals surface area contributed by atoms with E-state index in [1.807, 2.05) is 17.7 Å². The second kappa shape index (κ2) is 5.12. The number of hydrogen-bond acceptors (Lipinski definition) is 2. The molecule has 1 heterocycles. The number of rotatable bonds is 1. The molecule has 4 nitrogen and oxygen atoms in total. The lowest BCUT2D eigenvalue weighted by Crippen LogP contribution is -1.84. The summed E-state index contributed by atoms with van der Waals surface area (Å²) in [5.41, 5.74) is 0.988. The van der Waals surface area contributed by atoms with E-state index >= 15 is 0 Å². The molecule has 0 spiro atoms. The van der Waals surface area contributed by atoms with E-state index in [0.29, 0.717) is 0 Å². The van der Waals surface area contributed by atoms with Crippen LogP contribution in [0.5, 0.6) is 0 Å². The Bertz CT molecular complexity index is 248. The van der Waals surface area contributed by atoms with Gasteiger partial charge in [0.05, 0.1) is 6.33 Å². The summed E-state index contributed by atoms with van der Waals surface area (Å²) in [6.07, 6.45) is 5.32. The minimum atomic E-state index is -0.833. The maximum absolute atomic E-state index is 9.00. The van der Waals surface area contributed by atoms with Gasteiger partial charge in [-0.2, -0.15) is 0 Å². The average Bonchev–Trinajstić information content (AvgIpc) is 2.34. The smallest absolute Gasteiger partial charge is 0.300 e. The zero-order valence-corrected chi connectivity index (χ0v) is 7.19. The van der Waals surface area contributed by atoms with E-state index in [9.17, 15) is 0 Å². The molecule has 1 rings (SSSR count). The van der Waals surface area contributed by atoms with Gasteiger partial charge in [0.25, 0.3) is 5.97 Å². The lowest BCUT2D eigenvalue weighted by molar-refractivity contribution is -0.134. The highest BCUT2D eigenvalue weighted by molar-refractivity contribution is 5.62. The highest BCUT2D eigenvalue weighted by Gasteiger charge is 1.83. The van der Waals surface area contributed by atoms with Gasteiger partial charge in [-0.15, -0.1) is 0 Å². The predicted octanol–water partition coefficient (Wildman–Crippen LogP) is 1.46. The van der Waals surface area contributed by atoms with Crippen LogP contribution in [0.25, 0.3) is 5.70 Å². The topological polar surface area (TPSA) is 55.1 Å². The minimum Gasteiger partial charge on any atom is -0.481 e. The molecule has 0 amide bonds. The summed E-state index contributed by atoms with van der Waals surface area (Å²) in [5, 5.41) is 7.42. The number of allylic oxidation sites excluding steroid dienone is 1. The molecule has 1 aromatic heterocycles. The standard InChI is InChI=1S/C6H8N2.C2H4O2/c1-6(2)8-4-3-7-5-8;1-2(3)4/h3-5H,1H2,2H3;1H3,(H,3,4). The van der Waals surface area contributed by atoms with Crippen LogP contribution in [0.4, 0.5) is 0 Å². The Balaban J connectivity index is 0.000000261. The number of carbonyl (C=O) groups is 1. The molecule has 0 aliphatic carbocycles. The summed E-state index contributed by atoms with van der Waals surface area (Å²) in [4.78, 5) is 12.8. The average molecular weight is 168 g/mol. The van der Waals surface area contributed by atoms with Crippen molar-refractivity contribution in [3.05, 3.63) is 25.3 Å². The fourth-order valence-corrected chi connectivity index (χ4v) is 0.485. The maximum atomic E-state index is 9.00. The number of carboxylic acid groups (broad SMARTS) is 1. The van der Waals surface area contributed by atoms with Crippen molar-refractivity contribution in [3.8, 4) is 0 Å². The van der Waals surface area contributed by atoms with Gasteiger partial charge in [-0.3, -0.25) is 4.79 Å². The Labute approximate surface area is 71.2 Å². The number of hydrogen-bond donors (Lipinski definition) is 1. The van der Waals surface area contributed by atoms with Crippen molar-refractivity contribution in [2.75, 3.05) is 0 Å². The van der Waals surface area contributed by atoms with Gasteiger partial charge < -0.3 is 9.67 Å². The van der Waals surface area contributed by atoms with Crippen LogP contribution < -0.4 is 0 Å². The molecule has 0 radical (unpaired) electrons. The summed E-state index contributed by atoms with van der Waals surface area (Å²) in [6, 6.07) is 0. The molecule has 0 aromatic carbocycles. The molecule has 66 valence electrons. The molecule has 0 fully saturated rings. The van der Waals surface area contributed by atoms with Crippen molar-refractivity contribution in [1.82, 2.24) is 9.55 Å². The highest BCUT2D eigenvalue weighted by Crippen LogP contribution is 1.95. The molecule has 1 N–H and O–H groups in total. The van der Waals surface area contributed by atoms with Crippen LogP contribution in [-0.4, -0.2) is 20.6 Å². The summed E-state index contributed by atoms with van der Waals surface area (Å²) < 4.78 is 1.86. The molecule has 0 aliphatic rings. The third-order valence-corrected chi connectivity index (χ3v) is 0.945. The Hall–Kier alpha value is -1.58. The van der Waals surface area contributed by atoms with Crippen LogP contribution in [0.1, 0.15) is 13.8 Å². The Morgan fingerprint density at radius 3 is 2.25 bits per heavy atom. The summed E-state index contributed by atoms with van der Waals surface area (Å²) in [7, 11) is 0. The summed E-state index contributed by atoms with van der Waals surface area (Å²) >= 11 is 0. The van der Waals surface area contributed by atoms with E-state index in [0.717, 1.165) is 12.6 Å². The van der Waals surface area contributed by atoms with Crippen molar-refractivity contribution < 1.29 is 9.90 Å². The van der Waals surface area contributed by atoms with Crippen molar-refractivity contribution in [1.29, 1.82) is 0 Å². The Morgan fingerprint density at radius 1 is 1.58 bits per heavy atom. The summed E-state index contributed by atoms with van der Waals surface area (Å²) in [6.45, 7) is 6.74. The van der Waals surface area contributed by atoms with Gasteiger partial charge in [0.1, 0.15) is 0 Å². The van der Waals surface area contributed by atoms with Crippen LogP contribution in [0, 0.1) is 0 Å². The molecule has 0 atom stereocenters. The van der Waals surface area contributed by atoms with Gasteiger partial charge in [-0.1, -0.05) is 6.58 Å². The number of carboxylic acids is 1. The largest absolute Gasteiger partial charge is 0.481 e. The molecule has 12 heavy (non-hydrogen) atoms. The van der Waals surface area contributed by atoms with Gasteiger partial charge in [0.15, 0.2) is 0 Å². The fourth-order valence-electron chi connectivity index (χ4n) is 0.485. The van der Waals surface area contributed by atoms with Gasteiger partial charge in [-0.05, 0) is 6.92 Å². The highest BCUT2D eigenvalue weighted by atomic mass is 16.4. The fraction of sp³-hybridized carbons (Fsp3) is 0.250. The molecule has 1 aromatic rings. The van der Waals surface area contributed by atoms with Crippen molar-refractivity contribution in [2.45, 2.75) is 13.8 Å². The van der Waals surface area contributed by atoms with E-state index < -0.39 is 5.97 Å². The van der Waals surface area contributed by atoms with E-state index in [1.54, 1.807) is 12.5 Å². The van der Waals surface area contributed by atoms with Crippen LogP contribution in [0.15, 0.2) is 25.3 Å². The third-order valence-electron chi connectivity index (χ3n) is 0.945. The van der Waals surface area contributed by atoms with E-state index in [2.05, 4.69) is 11.6 Å². The number of aromatic nitrogens is 2. The second-order valence-electron chi connectivity index (χ2n) is 2.22. The molecular formula is C8H12N2O2. The van der Waals surface area contributed by atoms with Crippen molar-refractivity contribution in [3.63, 3.8) is 0 Å². The molecule has 0 bridgehead atoms. The van der Waals surface area contributed by atoms with Gasteiger partial charge in [0, 0.05) is 25.0 Å². The van der Waals surface area contributed by atoms with E-state index in [1.165, 1.54) is 0 Å². The van der Waals surface area contributed by atoms with Gasteiger partial charge in [0.2, 0.25) is 0 Å². The molecule has 0 saturated heterocycles. The molecule has 0 saturated carbocycles. The first-order chi connectivity index (χ1) is 5.54. The minimum absolute atomic E-state index is 0.833. The maximum Gasteiger partial charge on any atom is 0.300 e. The van der Waals surface area contributed by atoms with E-state index in [-0.39, 0.29) is 0 Å². The molecule has 4 heteroatoms. The van der Waals surface area contributed by atoms with Crippen molar-refractivity contribution in [2.24, 2.45) is 0 Å². The quantitative estimate of drug-likeness (QED) is 0.690. The van der Waals surface area contributed by atoms with E-state index in [4.69, 9.17) is 9.90 Å². The number of nitrogens with zero attached hydrogens (tertiary/aromatic N) is 2. The third kappa shape index (κ3) is 5.22. The molecular weight excluding hydrogens is 156 g/mol. The Morgan fingerprint density at radius 2 is 2.08 bits per heavy atom.